The molecule has 4 aromatic carbocycles. The maximum Gasteiger partial charge on any atom is 0.417 e. The average molecular weight is 995 g/mol. The Labute approximate surface area is 413 Å². The van der Waals surface area contributed by atoms with Crippen LogP contribution in [-0.4, -0.2) is 87.1 Å². The molecule has 13 nitrogen and oxygen atoms in total. The van der Waals surface area contributed by atoms with Crippen LogP contribution < -0.4 is 24.6 Å². The number of rotatable bonds is 16. The van der Waals surface area contributed by atoms with Crippen molar-refractivity contribution in [1.82, 2.24) is 15.2 Å². The van der Waals surface area contributed by atoms with E-state index in [9.17, 15) is 42.7 Å². The van der Waals surface area contributed by atoms with Gasteiger partial charge >= 0.3 is 6.18 Å². The van der Waals surface area contributed by atoms with Gasteiger partial charge in [-0.25, -0.2) is 4.98 Å². The summed E-state index contributed by atoms with van der Waals surface area (Å²) in [5, 5.41) is 22.8. The Bertz CT molecular complexity index is 2820. The van der Waals surface area contributed by atoms with Gasteiger partial charge in [0.1, 0.15) is 23.1 Å². The number of hydrogen-bond acceptors (Lipinski definition) is 11. The van der Waals surface area contributed by atoms with Gasteiger partial charge in [0.05, 0.1) is 69.9 Å². The fourth-order valence-corrected chi connectivity index (χ4v) is 9.92. The van der Waals surface area contributed by atoms with Gasteiger partial charge in [0.25, 0.3) is 11.8 Å². The summed E-state index contributed by atoms with van der Waals surface area (Å²) in [4.78, 5) is 65.0. The summed E-state index contributed by atoms with van der Waals surface area (Å²) in [5.41, 5.74) is 1.59. The number of aromatic nitrogens is 1. The van der Waals surface area contributed by atoms with E-state index >= 15 is 0 Å². The van der Waals surface area contributed by atoms with Gasteiger partial charge < -0.3 is 29.7 Å². The number of ether oxygens (including phenoxy) is 2. The minimum absolute atomic E-state index is 0.0322. The zero-order chi connectivity index (χ0) is 50.7. The van der Waals surface area contributed by atoms with Crippen LogP contribution in [0, 0.1) is 23.7 Å². The van der Waals surface area contributed by atoms with E-state index in [0.717, 1.165) is 38.7 Å². The summed E-state index contributed by atoms with van der Waals surface area (Å²) in [7, 11) is 0. The molecule has 2 aliphatic rings. The highest BCUT2D eigenvalue weighted by atomic mass is 32.1. The lowest BCUT2D eigenvalue weighted by molar-refractivity contribution is -0.141. The summed E-state index contributed by atoms with van der Waals surface area (Å²) in [5.74, 6) is -0.951. The van der Waals surface area contributed by atoms with Gasteiger partial charge in [-0.3, -0.25) is 24.1 Å². The first-order chi connectivity index (χ1) is 33.1. The number of aliphatic hydroxyl groups excluding tert-OH is 1. The van der Waals surface area contributed by atoms with Crippen molar-refractivity contribution >= 4 is 63.5 Å². The number of halogens is 3. The number of thiocarbonyl (C=S) groups is 1. The van der Waals surface area contributed by atoms with Gasteiger partial charge in [-0.15, -0.1) is 11.3 Å². The largest absolute Gasteiger partial charge is 0.493 e. The first-order valence-electron chi connectivity index (χ1n) is 22.7. The average Bonchev–Trinajstić information content (AvgIpc) is 3.98. The predicted octanol–water partition coefficient (Wildman–Crippen LogP) is 9.08. The number of carbonyl (C=O) groups excluding carboxylic acids is 4. The number of carbonyl (C=O) groups is 4. The SMILES string of the molecule is Cc1ncsc1-c1ccc(CCC(=O)[C@@H]2C[C@@H](O)CN2C(=O)[C@@H](NC(=O)c2ccccc2OCCCOc2ccc(N3C(=S)N(c4ccc(C#N)c(C(F)(F)F)c4)C(=O)C3(C)C)cc2)C(C)(C)C)cc1. The minimum Gasteiger partial charge on any atom is -0.493 e. The van der Waals surface area contributed by atoms with Crippen LogP contribution in [0.4, 0.5) is 24.5 Å². The molecule has 0 spiro atoms. The van der Waals surface area contributed by atoms with Crippen molar-refractivity contribution in [3.8, 4) is 28.0 Å². The molecule has 0 unspecified atom stereocenters. The molecular weight excluding hydrogens is 942 g/mol. The van der Waals surface area contributed by atoms with Crippen molar-refractivity contribution in [2.24, 2.45) is 5.41 Å². The summed E-state index contributed by atoms with van der Waals surface area (Å²) in [6.07, 6.45) is -4.55. The van der Waals surface area contributed by atoms with Gasteiger partial charge in [0, 0.05) is 31.5 Å². The lowest BCUT2D eigenvalue weighted by Crippen LogP contribution is -2.56. The topological polar surface area (TPSA) is 165 Å². The van der Waals surface area contributed by atoms with Gasteiger partial charge in [-0.2, -0.15) is 18.4 Å². The molecular formula is C52H53F3N6O7S2. The van der Waals surface area contributed by atoms with Crippen LogP contribution in [0.25, 0.3) is 10.4 Å². The van der Waals surface area contributed by atoms with E-state index in [2.05, 4.69) is 10.3 Å². The van der Waals surface area contributed by atoms with E-state index in [1.54, 1.807) is 84.7 Å². The molecule has 3 atom stereocenters. The number of aryl methyl sites for hydroxylation is 2. The molecule has 2 fully saturated rings. The van der Waals surface area contributed by atoms with Gasteiger partial charge in [-0.1, -0.05) is 57.2 Å². The van der Waals surface area contributed by atoms with E-state index in [4.69, 9.17) is 21.7 Å². The molecule has 7 rings (SSSR count). The third-order valence-electron chi connectivity index (χ3n) is 12.3. The van der Waals surface area contributed by atoms with Gasteiger partial charge in [0.2, 0.25) is 5.91 Å². The predicted molar refractivity (Wildman–Crippen MR) is 264 cm³/mol. The molecule has 0 bridgehead atoms. The first kappa shape index (κ1) is 51.2. The molecule has 2 aliphatic heterocycles. The quantitative estimate of drug-likeness (QED) is 0.0716. The summed E-state index contributed by atoms with van der Waals surface area (Å²) >= 11 is 7.21. The maximum atomic E-state index is 14.3. The standard InChI is InChI=1S/C52H53F3N6O7S2/c1-31-44(70-30-57-31)33-15-12-32(13-16-33)14-23-42(63)41-27-37(62)29-59(41)47(65)45(50(2,3)4)58-46(64)39-10-7-8-11-43(39)68-25-9-24-67-38-21-19-35(20-22-38)61-49(69)60(48(66)51(61,5)6)36-18-17-34(28-56)40(26-36)52(53,54)55/h7-8,10-13,15-22,26,30,37,41,45,62H,9,14,23-25,27,29H2,1-6H3,(H,58,64)/t37-,41+,45-/m1/s1. The molecule has 0 saturated carbocycles. The molecule has 2 N–H and O–H groups in total. The van der Waals surface area contributed by atoms with Crippen LogP contribution in [-0.2, 0) is 27.0 Å². The van der Waals surface area contributed by atoms with E-state index in [-0.39, 0.29) is 60.5 Å². The van der Waals surface area contributed by atoms with Crippen LogP contribution in [0.5, 0.6) is 11.5 Å². The molecule has 366 valence electrons. The Hall–Kier alpha value is -6.68. The summed E-state index contributed by atoms with van der Waals surface area (Å²) < 4.78 is 53.3. The highest BCUT2D eigenvalue weighted by Crippen LogP contribution is 2.40. The molecule has 2 saturated heterocycles. The Morgan fingerprint density at radius 1 is 0.986 bits per heavy atom. The number of benzene rings is 4. The molecule has 18 heteroatoms. The number of likely N-dealkylation sites (tertiary alicyclic amines) is 1. The number of amides is 3. The number of nitrogens with zero attached hydrogens (tertiary/aromatic N) is 5. The lowest BCUT2D eigenvalue weighted by atomic mass is 9.85. The van der Waals surface area contributed by atoms with Crippen LogP contribution in [0.2, 0.25) is 0 Å². The van der Waals surface area contributed by atoms with Crippen molar-refractivity contribution in [2.75, 3.05) is 29.6 Å². The number of nitrogens with one attached hydrogen (secondary N) is 1. The Kier molecular flexibility index (Phi) is 15.2. The number of hydrogen-bond donors (Lipinski definition) is 2. The number of β-amino-alcohol motifs (C(OH)–C–C–N with tert-alkyl or cyclic N) is 1. The third-order valence-corrected chi connectivity index (χ3v) is 13.7. The fraction of sp³-hybridized carbons (Fsp3) is 0.365. The summed E-state index contributed by atoms with van der Waals surface area (Å²) in [6, 6.07) is 24.0. The Morgan fingerprint density at radius 2 is 1.66 bits per heavy atom. The number of Topliss-reactive ketones (excluding diaryl/α,β-unsaturated/α-hetero) is 1. The van der Waals surface area contributed by atoms with E-state index in [1.165, 1.54) is 11.0 Å². The molecule has 1 aromatic heterocycles. The van der Waals surface area contributed by atoms with Gasteiger partial charge in [-0.05, 0) is 111 Å². The second-order valence-corrected chi connectivity index (χ2v) is 20.0. The number of para-hydroxylation sites is 1. The smallest absolute Gasteiger partial charge is 0.417 e. The molecule has 3 heterocycles. The monoisotopic (exact) mass is 994 g/mol. The molecule has 5 aromatic rings. The first-order valence-corrected chi connectivity index (χ1v) is 23.9. The number of aliphatic hydroxyl groups is 1. The Balaban J connectivity index is 0.928. The van der Waals surface area contributed by atoms with Crippen molar-refractivity contribution in [1.29, 1.82) is 5.26 Å². The Morgan fingerprint density at radius 3 is 2.30 bits per heavy atom. The van der Waals surface area contributed by atoms with Crippen molar-refractivity contribution in [2.45, 2.75) is 97.1 Å². The van der Waals surface area contributed by atoms with Crippen molar-refractivity contribution in [3.63, 3.8) is 0 Å². The molecule has 3 amide bonds. The van der Waals surface area contributed by atoms with Crippen LogP contribution in [0.3, 0.4) is 0 Å². The van der Waals surface area contributed by atoms with E-state index < -0.39 is 64.2 Å². The summed E-state index contributed by atoms with van der Waals surface area (Å²) in [6.45, 7) is 11.0. The maximum absolute atomic E-state index is 14.3. The van der Waals surface area contributed by atoms with E-state index in [0.29, 0.717) is 24.3 Å². The number of alkyl halides is 3. The van der Waals surface area contributed by atoms with Crippen LogP contribution in [0.1, 0.15) is 86.6 Å². The fourth-order valence-electron chi connectivity index (χ4n) is 8.58. The molecule has 0 aliphatic carbocycles. The third kappa shape index (κ3) is 11.0. The molecule has 0 radical (unpaired) electrons. The van der Waals surface area contributed by atoms with Gasteiger partial charge in [0.15, 0.2) is 10.9 Å². The van der Waals surface area contributed by atoms with E-state index in [1.807, 2.05) is 57.5 Å². The number of nitriles is 1. The lowest BCUT2D eigenvalue weighted by Gasteiger charge is -2.35. The number of ketones is 1. The normalized spacial score (nSPS) is 17.4. The minimum atomic E-state index is -4.82. The highest BCUT2D eigenvalue weighted by molar-refractivity contribution is 7.81. The molecule has 70 heavy (non-hydrogen) atoms. The number of anilines is 2. The second-order valence-electron chi connectivity index (χ2n) is 18.8. The second kappa shape index (κ2) is 20.7. The zero-order valence-corrected chi connectivity index (χ0v) is 41.1. The highest BCUT2D eigenvalue weighted by Gasteiger charge is 2.51. The van der Waals surface area contributed by atoms with Crippen LogP contribution >= 0.6 is 23.6 Å². The van der Waals surface area contributed by atoms with Crippen LogP contribution in [0.15, 0.2) is 96.5 Å². The van der Waals surface area contributed by atoms with Crippen molar-refractivity contribution in [3.05, 3.63) is 124 Å². The number of thiazole rings is 1. The zero-order valence-electron chi connectivity index (χ0n) is 39.5. The van der Waals surface area contributed by atoms with Crippen molar-refractivity contribution < 1.29 is 46.9 Å².